The molecule has 4 rings (SSSR count). The molecule has 1 aliphatic heterocycles. The van der Waals surface area contributed by atoms with Gasteiger partial charge in [0.25, 0.3) is 5.91 Å². The number of carbonyl (C=O) groups excluding carboxylic acids is 4. The van der Waals surface area contributed by atoms with Crippen molar-refractivity contribution in [2.75, 3.05) is 31.0 Å². The molecule has 1 heterocycles. The molecule has 0 unspecified atom stereocenters. The first-order chi connectivity index (χ1) is 18.8. The van der Waals surface area contributed by atoms with Gasteiger partial charge in [-0.2, -0.15) is 0 Å². The standard InChI is InChI=1S/C29H29N3O7/c1-4-39-28(35)20-9-6-10-21(15-20)30-26(33)17-25-27(34)32(22-11-7-13-24(16-22)38-3)29(36)31(25)18-19-8-5-12-23(14-19)37-2/h5-16,25H,4,17-18H2,1-3H3,(H,30,33)/t25-/m0/s1. The lowest BCUT2D eigenvalue weighted by Gasteiger charge is -2.22. The van der Waals surface area contributed by atoms with Gasteiger partial charge in [0, 0.05) is 18.3 Å². The fourth-order valence-corrected chi connectivity index (χ4v) is 4.29. The topological polar surface area (TPSA) is 114 Å². The van der Waals surface area contributed by atoms with Crippen molar-refractivity contribution in [3.63, 3.8) is 0 Å². The van der Waals surface area contributed by atoms with E-state index in [1.54, 1.807) is 67.6 Å². The highest BCUT2D eigenvalue weighted by atomic mass is 16.5. The van der Waals surface area contributed by atoms with E-state index in [1.807, 2.05) is 6.07 Å². The minimum absolute atomic E-state index is 0.0819. The average Bonchev–Trinajstić information content (AvgIpc) is 3.17. The van der Waals surface area contributed by atoms with Crippen LogP contribution in [0.15, 0.2) is 72.8 Å². The number of hydrogen-bond acceptors (Lipinski definition) is 7. The van der Waals surface area contributed by atoms with Crippen LogP contribution < -0.4 is 19.7 Å². The molecule has 1 N–H and O–H groups in total. The Hall–Kier alpha value is -4.86. The monoisotopic (exact) mass is 531 g/mol. The number of nitrogens with one attached hydrogen (secondary N) is 1. The smallest absolute Gasteiger partial charge is 0.338 e. The van der Waals surface area contributed by atoms with E-state index in [9.17, 15) is 19.2 Å². The highest BCUT2D eigenvalue weighted by molar-refractivity contribution is 6.22. The van der Waals surface area contributed by atoms with Crippen LogP contribution in [0.25, 0.3) is 0 Å². The van der Waals surface area contributed by atoms with Gasteiger partial charge in [0.15, 0.2) is 0 Å². The Bertz CT molecular complexity index is 1390. The summed E-state index contributed by atoms with van der Waals surface area (Å²) in [6.45, 7) is 2.01. The number of carbonyl (C=O) groups is 4. The summed E-state index contributed by atoms with van der Waals surface area (Å²) in [5, 5.41) is 2.72. The van der Waals surface area contributed by atoms with E-state index in [2.05, 4.69) is 5.32 Å². The van der Waals surface area contributed by atoms with Crippen LogP contribution in [0.1, 0.15) is 29.3 Å². The molecule has 0 radical (unpaired) electrons. The first-order valence-electron chi connectivity index (χ1n) is 12.3. The van der Waals surface area contributed by atoms with Gasteiger partial charge >= 0.3 is 12.0 Å². The first-order valence-corrected chi connectivity index (χ1v) is 12.3. The molecule has 10 heteroatoms. The number of methoxy groups -OCH3 is 2. The van der Waals surface area contributed by atoms with Crippen LogP contribution in [0.2, 0.25) is 0 Å². The molecule has 0 aliphatic carbocycles. The summed E-state index contributed by atoms with van der Waals surface area (Å²) in [7, 11) is 3.03. The lowest BCUT2D eigenvalue weighted by atomic mass is 10.1. The van der Waals surface area contributed by atoms with E-state index in [0.29, 0.717) is 22.9 Å². The normalized spacial score (nSPS) is 14.8. The second-order valence-corrected chi connectivity index (χ2v) is 8.71. The average molecular weight is 532 g/mol. The van der Waals surface area contributed by atoms with Gasteiger partial charge < -0.3 is 24.4 Å². The maximum absolute atomic E-state index is 13.6. The van der Waals surface area contributed by atoms with E-state index in [1.165, 1.54) is 25.2 Å². The third kappa shape index (κ3) is 6.18. The van der Waals surface area contributed by atoms with E-state index in [-0.39, 0.29) is 25.1 Å². The minimum atomic E-state index is -1.07. The number of nitrogens with zero attached hydrogens (tertiary/aromatic N) is 2. The fraction of sp³-hybridized carbons (Fsp3) is 0.241. The number of anilines is 2. The van der Waals surface area contributed by atoms with Crippen molar-refractivity contribution in [3.8, 4) is 11.5 Å². The van der Waals surface area contributed by atoms with Gasteiger partial charge in [-0.05, 0) is 55.0 Å². The first kappa shape index (κ1) is 27.2. The van der Waals surface area contributed by atoms with Crippen LogP contribution >= 0.6 is 0 Å². The van der Waals surface area contributed by atoms with E-state index in [0.717, 1.165) is 10.5 Å². The lowest BCUT2D eigenvalue weighted by Crippen LogP contribution is -2.37. The van der Waals surface area contributed by atoms with Crippen molar-refractivity contribution in [1.82, 2.24) is 4.90 Å². The summed E-state index contributed by atoms with van der Waals surface area (Å²) in [5.74, 6) is -0.457. The third-order valence-corrected chi connectivity index (χ3v) is 6.15. The zero-order valence-electron chi connectivity index (χ0n) is 21.9. The van der Waals surface area contributed by atoms with Gasteiger partial charge in [0.2, 0.25) is 5.91 Å². The van der Waals surface area contributed by atoms with Crippen LogP contribution in [0.3, 0.4) is 0 Å². The van der Waals surface area contributed by atoms with Crippen LogP contribution in [-0.4, -0.2) is 55.6 Å². The Morgan fingerprint density at radius 1 is 0.897 bits per heavy atom. The van der Waals surface area contributed by atoms with E-state index in [4.69, 9.17) is 14.2 Å². The van der Waals surface area contributed by atoms with E-state index >= 15 is 0 Å². The largest absolute Gasteiger partial charge is 0.497 e. The summed E-state index contributed by atoms with van der Waals surface area (Å²) >= 11 is 0. The number of urea groups is 1. The van der Waals surface area contributed by atoms with Crippen molar-refractivity contribution < 1.29 is 33.4 Å². The molecule has 1 saturated heterocycles. The molecule has 0 bridgehead atoms. The third-order valence-electron chi connectivity index (χ3n) is 6.15. The van der Waals surface area contributed by atoms with Crippen LogP contribution in [-0.2, 0) is 20.9 Å². The number of rotatable bonds is 10. The summed E-state index contributed by atoms with van der Waals surface area (Å²) in [6, 6.07) is 18.4. The molecule has 0 aromatic heterocycles. The van der Waals surface area contributed by atoms with Gasteiger partial charge in [-0.15, -0.1) is 0 Å². The summed E-state index contributed by atoms with van der Waals surface area (Å²) < 4.78 is 15.6. The van der Waals surface area contributed by atoms with Crippen LogP contribution in [0.5, 0.6) is 11.5 Å². The Kier molecular flexibility index (Phi) is 8.45. The van der Waals surface area contributed by atoms with Crippen molar-refractivity contribution in [1.29, 1.82) is 0 Å². The predicted molar refractivity (Wildman–Crippen MR) is 144 cm³/mol. The Morgan fingerprint density at radius 3 is 2.31 bits per heavy atom. The zero-order valence-corrected chi connectivity index (χ0v) is 21.9. The Morgan fingerprint density at radius 2 is 1.59 bits per heavy atom. The summed E-state index contributed by atoms with van der Waals surface area (Å²) in [4.78, 5) is 54.8. The number of esters is 1. The SMILES string of the molecule is CCOC(=O)c1cccc(NC(=O)C[C@H]2C(=O)N(c3cccc(OC)c3)C(=O)N2Cc2cccc(OC)c2)c1. The fourth-order valence-electron chi connectivity index (χ4n) is 4.29. The van der Waals surface area contributed by atoms with Crippen LogP contribution in [0.4, 0.5) is 16.2 Å². The van der Waals surface area contributed by atoms with Gasteiger partial charge in [0.05, 0.1) is 38.5 Å². The minimum Gasteiger partial charge on any atom is -0.497 e. The second kappa shape index (κ2) is 12.1. The van der Waals surface area contributed by atoms with Gasteiger partial charge in [-0.1, -0.05) is 24.3 Å². The highest BCUT2D eigenvalue weighted by Crippen LogP contribution is 2.31. The van der Waals surface area contributed by atoms with Crippen molar-refractivity contribution in [2.45, 2.75) is 25.9 Å². The molecule has 10 nitrogen and oxygen atoms in total. The molecule has 1 fully saturated rings. The predicted octanol–water partition coefficient (Wildman–Crippen LogP) is 4.25. The molecular formula is C29H29N3O7. The van der Waals surface area contributed by atoms with E-state index < -0.39 is 29.9 Å². The maximum atomic E-state index is 13.6. The van der Waals surface area contributed by atoms with Gasteiger partial charge in [0.1, 0.15) is 17.5 Å². The highest BCUT2D eigenvalue weighted by Gasteiger charge is 2.46. The molecule has 202 valence electrons. The van der Waals surface area contributed by atoms with Gasteiger partial charge in [-0.3, -0.25) is 9.59 Å². The maximum Gasteiger partial charge on any atom is 0.338 e. The zero-order chi connectivity index (χ0) is 27.9. The summed E-state index contributed by atoms with van der Waals surface area (Å²) in [5.41, 5.74) is 1.72. The molecule has 0 spiro atoms. The number of amides is 4. The number of benzene rings is 3. The Labute approximate surface area is 226 Å². The van der Waals surface area contributed by atoms with Crippen LogP contribution in [0, 0.1) is 0 Å². The molecule has 3 aromatic rings. The molecule has 39 heavy (non-hydrogen) atoms. The molecule has 1 aliphatic rings. The number of imide groups is 1. The van der Waals surface area contributed by atoms with Crippen molar-refractivity contribution >= 4 is 35.2 Å². The molecule has 3 aromatic carbocycles. The lowest BCUT2D eigenvalue weighted by molar-refractivity contribution is -0.124. The molecule has 4 amide bonds. The van der Waals surface area contributed by atoms with Crippen molar-refractivity contribution in [2.24, 2.45) is 0 Å². The molecule has 1 atom stereocenters. The number of ether oxygens (including phenoxy) is 3. The Balaban J connectivity index is 1.60. The quantitative estimate of drug-likeness (QED) is 0.307. The second-order valence-electron chi connectivity index (χ2n) is 8.71. The van der Waals surface area contributed by atoms with Gasteiger partial charge in [-0.25, -0.2) is 14.5 Å². The number of hydrogen-bond donors (Lipinski definition) is 1. The molecular weight excluding hydrogens is 502 g/mol. The summed E-state index contributed by atoms with van der Waals surface area (Å²) in [6.07, 6.45) is -0.293. The van der Waals surface area contributed by atoms with Crippen molar-refractivity contribution in [3.05, 3.63) is 83.9 Å². The molecule has 0 saturated carbocycles.